The van der Waals surface area contributed by atoms with Crippen LogP contribution in [0.4, 0.5) is 13.2 Å². The highest BCUT2D eigenvalue weighted by Crippen LogP contribution is 2.42. The van der Waals surface area contributed by atoms with Gasteiger partial charge in [-0.1, -0.05) is 6.92 Å². The molecule has 1 heterocycles. The van der Waals surface area contributed by atoms with Gasteiger partial charge < -0.3 is 5.11 Å². The van der Waals surface area contributed by atoms with Crippen LogP contribution in [0.1, 0.15) is 45.4 Å². The second kappa shape index (κ2) is 5.54. The van der Waals surface area contributed by atoms with E-state index in [1.54, 1.807) is 0 Å². The lowest BCUT2D eigenvalue weighted by Crippen LogP contribution is -2.41. The van der Waals surface area contributed by atoms with E-state index in [0.717, 1.165) is 0 Å². The highest BCUT2D eigenvalue weighted by atomic mass is 19.4. The van der Waals surface area contributed by atoms with Crippen molar-refractivity contribution in [2.24, 2.45) is 11.3 Å². The lowest BCUT2D eigenvalue weighted by atomic mass is 9.83. The Morgan fingerprint density at radius 3 is 2.30 bits per heavy atom. The summed E-state index contributed by atoms with van der Waals surface area (Å²) in [5, 5.41) is 9.35. The standard InChI is InChI=1S/C14H22F3NO2/c1-2-13(12(19)20)7-8-18(9-13)11-5-3-10(4-6-11)14(15,16)17/h10-11H,2-9H2,1H3,(H,19,20). The number of alkyl halides is 3. The molecule has 1 aliphatic heterocycles. The van der Waals surface area contributed by atoms with Crippen LogP contribution in [0.3, 0.4) is 0 Å². The minimum absolute atomic E-state index is 0.126. The largest absolute Gasteiger partial charge is 0.481 e. The van der Waals surface area contributed by atoms with Gasteiger partial charge in [0, 0.05) is 12.6 Å². The van der Waals surface area contributed by atoms with Crippen LogP contribution in [0.15, 0.2) is 0 Å². The first kappa shape index (κ1) is 15.6. The maximum Gasteiger partial charge on any atom is 0.391 e. The first-order valence-corrected chi connectivity index (χ1v) is 7.32. The van der Waals surface area contributed by atoms with E-state index in [0.29, 0.717) is 38.8 Å². The summed E-state index contributed by atoms with van der Waals surface area (Å²) < 4.78 is 37.9. The van der Waals surface area contributed by atoms with Crippen molar-refractivity contribution in [2.45, 2.75) is 57.7 Å². The van der Waals surface area contributed by atoms with Crippen LogP contribution in [-0.4, -0.2) is 41.3 Å². The average Bonchev–Trinajstić information content (AvgIpc) is 2.83. The predicted octanol–water partition coefficient (Wildman–Crippen LogP) is 3.29. The summed E-state index contributed by atoms with van der Waals surface area (Å²) in [4.78, 5) is 13.5. The number of aliphatic carboxylic acids is 1. The van der Waals surface area contributed by atoms with Crippen molar-refractivity contribution in [1.29, 1.82) is 0 Å². The van der Waals surface area contributed by atoms with E-state index in [4.69, 9.17) is 0 Å². The normalized spacial score (nSPS) is 36.2. The third-order valence-corrected chi connectivity index (χ3v) is 5.19. The van der Waals surface area contributed by atoms with Gasteiger partial charge in [-0.3, -0.25) is 9.69 Å². The zero-order valence-corrected chi connectivity index (χ0v) is 11.7. The van der Waals surface area contributed by atoms with Crippen molar-refractivity contribution in [3.8, 4) is 0 Å². The van der Waals surface area contributed by atoms with Gasteiger partial charge in [0.05, 0.1) is 11.3 Å². The smallest absolute Gasteiger partial charge is 0.391 e. The molecule has 20 heavy (non-hydrogen) atoms. The Morgan fingerprint density at radius 2 is 1.90 bits per heavy atom. The third kappa shape index (κ3) is 2.95. The van der Waals surface area contributed by atoms with Crippen molar-refractivity contribution in [2.75, 3.05) is 13.1 Å². The molecule has 0 aromatic heterocycles. The summed E-state index contributed by atoms with van der Waals surface area (Å²) in [6, 6.07) is 0.126. The van der Waals surface area contributed by atoms with Gasteiger partial charge in [0.2, 0.25) is 0 Å². The maximum absolute atomic E-state index is 12.6. The van der Waals surface area contributed by atoms with Crippen LogP contribution in [0.25, 0.3) is 0 Å². The topological polar surface area (TPSA) is 40.5 Å². The molecule has 1 atom stereocenters. The van der Waals surface area contributed by atoms with Crippen LogP contribution in [0.5, 0.6) is 0 Å². The summed E-state index contributed by atoms with van der Waals surface area (Å²) in [6.07, 6.45) is -1.47. The Bertz CT molecular complexity index is 364. The summed E-state index contributed by atoms with van der Waals surface area (Å²) in [5.74, 6) is -1.94. The summed E-state index contributed by atoms with van der Waals surface area (Å²) in [6.45, 7) is 3.06. The highest BCUT2D eigenvalue weighted by molar-refractivity contribution is 5.75. The van der Waals surface area contributed by atoms with Gasteiger partial charge in [-0.05, 0) is 45.1 Å². The Kier molecular flexibility index (Phi) is 4.33. The third-order valence-electron chi connectivity index (χ3n) is 5.19. The number of nitrogens with zero attached hydrogens (tertiary/aromatic N) is 1. The Morgan fingerprint density at radius 1 is 1.30 bits per heavy atom. The fourth-order valence-corrected chi connectivity index (χ4v) is 3.60. The molecule has 1 aliphatic carbocycles. The second-order valence-electron chi connectivity index (χ2n) is 6.21. The Balaban J connectivity index is 1.91. The van der Waals surface area contributed by atoms with Crippen LogP contribution in [-0.2, 0) is 4.79 Å². The number of carboxylic acid groups (broad SMARTS) is 1. The minimum atomic E-state index is -4.08. The molecule has 2 aliphatic rings. The van der Waals surface area contributed by atoms with Crippen molar-refractivity contribution < 1.29 is 23.1 Å². The molecule has 6 heteroatoms. The SMILES string of the molecule is CCC1(C(=O)O)CCN(C2CCC(C(F)(F)F)CC2)C1. The molecule has 0 aromatic carbocycles. The fourth-order valence-electron chi connectivity index (χ4n) is 3.60. The van der Waals surface area contributed by atoms with Crippen molar-refractivity contribution in [3.63, 3.8) is 0 Å². The molecule has 0 spiro atoms. The molecule has 2 rings (SSSR count). The number of rotatable bonds is 3. The molecule has 0 amide bonds. The zero-order valence-electron chi connectivity index (χ0n) is 11.7. The first-order chi connectivity index (χ1) is 9.28. The number of hydrogen-bond acceptors (Lipinski definition) is 2. The molecule has 116 valence electrons. The van der Waals surface area contributed by atoms with E-state index >= 15 is 0 Å². The van der Waals surface area contributed by atoms with Crippen molar-refractivity contribution >= 4 is 5.97 Å². The van der Waals surface area contributed by atoms with E-state index in [1.807, 2.05) is 6.92 Å². The molecular formula is C14H22F3NO2. The number of hydrogen-bond donors (Lipinski definition) is 1. The molecule has 0 bridgehead atoms. The highest BCUT2D eigenvalue weighted by Gasteiger charge is 2.47. The summed E-state index contributed by atoms with van der Waals surface area (Å²) in [5.41, 5.74) is -0.694. The minimum Gasteiger partial charge on any atom is -0.481 e. The maximum atomic E-state index is 12.6. The van der Waals surface area contributed by atoms with Gasteiger partial charge in [-0.25, -0.2) is 0 Å². The number of likely N-dealkylation sites (tertiary alicyclic amines) is 1. The van der Waals surface area contributed by atoms with E-state index in [2.05, 4.69) is 4.90 Å². The molecule has 1 unspecified atom stereocenters. The number of carbonyl (C=O) groups is 1. The Hall–Kier alpha value is -0.780. The monoisotopic (exact) mass is 293 g/mol. The lowest BCUT2D eigenvalue weighted by Gasteiger charge is -2.36. The van der Waals surface area contributed by atoms with Crippen molar-refractivity contribution in [3.05, 3.63) is 0 Å². The fraction of sp³-hybridized carbons (Fsp3) is 0.929. The molecule has 1 saturated heterocycles. The summed E-state index contributed by atoms with van der Waals surface area (Å²) in [7, 11) is 0. The molecular weight excluding hydrogens is 271 g/mol. The van der Waals surface area contributed by atoms with Gasteiger partial charge >= 0.3 is 12.1 Å². The Labute approximate surface area is 117 Å². The van der Waals surface area contributed by atoms with Gasteiger partial charge in [0.1, 0.15) is 0 Å². The van der Waals surface area contributed by atoms with Crippen LogP contribution >= 0.6 is 0 Å². The molecule has 0 radical (unpaired) electrons. The molecule has 1 saturated carbocycles. The van der Waals surface area contributed by atoms with E-state index in [9.17, 15) is 23.1 Å². The molecule has 3 nitrogen and oxygen atoms in total. The molecule has 0 aromatic rings. The second-order valence-corrected chi connectivity index (χ2v) is 6.21. The van der Waals surface area contributed by atoms with E-state index in [-0.39, 0.29) is 18.9 Å². The van der Waals surface area contributed by atoms with E-state index < -0.39 is 23.5 Å². The zero-order chi connectivity index (χ0) is 15.0. The van der Waals surface area contributed by atoms with Crippen molar-refractivity contribution in [1.82, 2.24) is 4.90 Å². The van der Waals surface area contributed by atoms with Gasteiger partial charge in [-0.2, -0.15) is 13.2 Å². The van der Waals surface area contributed by atoms with Crippen LogP contribution in [0, 0.1) is 11.3 Å². The lowest BCUT2D eigenvalue weighted by molar-refractivity contribution is -0.184. The van der Waals surface area contributed by atoms with Crippen LogP contribution < -0.4 is 0 Å². The molecule has 2 fully saturated rings. The molecule has 1 N–H and O–H groups in total. The van der Waals surface area contributed by atoms with Gasteiger partial charge in [0.25, 0.3) is 0 Å². The van der Waals surface area contributed by atoms with Crippen LogP contribution in [0.2, 0.25) is 0 Å². The quantitative estimate of drug-likeness (QED) is 0.868. The average molecular weight is 293 g/mol. The number of halogens is 3. The van der Waals surface area contributed by atoms with E-state index in [1.165, 1.54) is 0 Å². The summed E-state index contributed by atoms with van der Waals surface area (Å²) >= 11 is 0. The number of carboxylic acids is 1. The predicted molar refractivity (Wildman–Crippen MR) is 68.4 cm³/mol. The van der Waals surface area contributed by atoms with Gasteiger partial charge in [-0.15, -0.1) is 0 Å². The van der Waals surface area contributed by atoms with Gasteiger partial charge in [0.15, 0.2) is 0 Å². The first-order valence-electron chi connectivity index (χ1n) is 7.32.